The third-order valence-corrected chi connectivity index (χ3v) is 5.37. The standard InChI is InChI=1S/C20H25N3O3S/c1-15-3-2-4-18(11-15)26-12-19(24)23-9-6-16(7-10-23)20(25)21-8-5-17-13-27-14-22-17/h2-4,11,13-14,16H,5-10,12H2,1H3,(H,21,25). The number of nitrogens with zero attached hydrogens (tertiary/aromatic N) is 2. The molecule has 0 saturated carbocycles. The number of nitrogens with one attached hydrogen (secondary N) is 1. The normalized spacial score (nSPS) is 14.8. The fourth-order valence-corrected chi connectivity index (χ4v) is 3.74. The van der Waals surface area contributed by atoms with Crippen molar-refractivity contribution in [3.63, 3.8) is 0 Å². The number of piperidine rings is 1. The minimum atomic E-state index is -0.0288. The number of hydrogen-bond donors (Lipinski definition) is 1. The van der Waals surface area contributed by atoms with Gasteiger partial charge in [0.15, 0.2) is 6.61 Å². The minimum absolute atomic E-state index is 0.0258. The summed E-state index contributed by atoms with van der Waals surface area (Å²) in [6, 6.07) is 7.66. The molecular formula is C20H25N3O3S. The van der Waals surface area contributed by atoms with Gasteiger partial charge in [-0.1, -0.05) is 12.1 Å². The largest absolute Gasteiger partial charge is 0.484 e. The number of aryl methyl sites for hydroxylation is 1. The van der Waals surface area contributed by atoms with Gasteiger partial charge in [0.25, 0.3) is 5.91 Å². The van der Waals surface area contributed by atoms with Crippen LogP contribution in [0.4, 0.5) is 0 Å². The molecule has 0 spiro atoms. The number of aromatic nitrogens is 1. The molecule has 1 saturated heterocycles. The molecule has 1 aliphatic heterocycles. The quantitative estimate of drug-likeness (QED) is 0.792. The van der Waals surface area contributed by atoms with Crippen molar-refractivity contribution in [1.29, 1.82) is 0 Å². The zero-order chi connectivity index (χ0) is 19.1. The second-order valence-corrected chi connectivity index (χ2v) is 7.50. The lowest BCUT2D eigenvalue weighted by molar-refractivity contribution is -0.137. The Hall–Kier alpha value is -2.41. The van der Waals surface area contributed by atoms with Gasteiger partial charge in [-0.15, -0.1) is 11.3 Å². The Morgan fingerprint density at radius 3 is 2.85 bits per heavy atom. The molecule has 0 radical (unpaired) electrons. The Kier molecular flexibility index (Phi) is 6.81. The van der Waals surface area contributed by atoms with Crippen LogP contribution in [-0.2, 0) is 16.0 Å². The Balaban J connectivity index is 1.36. The summed E-state index contributed by atoms with van der Waals surface area (Å²) >= 11 is 1.56. The van der Waals surface area contributed by atoms with Crippen LogP contribution in [0.1, 0.15) is 24.1 Å². The zero-order valence-electron chi connectivity index (χ0n) is 15.5. The van der Waals surface area contributed by atoms with Gasteiger partial charge >= 0.3 is 0 Å². The number of amides is 2. The van der Waals surface area contributed by atoms with E-state index < -0.39 is 0 Å². The zero-order valence-corrected chi connectivity index (χ0v) is 16.3. The van der Waals surface area contributed by atoms with Gasteiger partial charge < -0.3 is 15.0 Å². The Labute approximate surface area is 163 Å². The lowest BCUT2D eigenvalue weighted by Crippen LogP contribution is -2.44. The number of thiazole rings is 1. The van der Waals surface area contributed by atoms with Crippen molar-refractivity contribution in [3.05, 3.63) is 46.4 Å². The lowest BCUT2D eigenvalue weighted by Gasteiger charge is -2.31. The number of likely N-dealkylation sites (tertiary alicyclic amines) is 1. The van der Waals surface area contributed by atoms with Crippen LogP contribution < -0.4 is 10.1 Å². The first kappa shape index (κ1) is 19.4. The molecule has 0 aliphatic carbocycles. The molecule has 1 N–H and O–H groups in total. The highest BCUT2D eigenvalue weighted by molar-refractivity contribution is 7.07. The van der Waals surface area contributed by atoms with Crippen molar-refractivity contribution in [2.24, 2.45) is 5.92 Å². The number of ether oxygens (including phenoxy) is 1. The van der Waals surface area contributed by atoms with Crippen LogP contribution >= 0.6 is 11.3 Å². The van der Waals surface area contributed by atoms with Gasteiger partial charge in [-0.3, -0.25) is 9.59 Å². The topological polar surface area (TPSA) is 71.5 Å². The predicted octanol–water partition coefficient (Wildman–Crippen LogP) is 2.43. The first-order valence-corrected chi connectivity index (χ1v) is 10.2. The van der Waals surface area contributed by atoms with Crippen molar-refractivity contribution in [2.45, 2.75) is 26.2 Å². The van der Waals surface area contributed by atoms with Gasteiger partial charge in [0.1, 0.15) is 5.75 Å². The number of hydrogen-bond acceptors (Lipinski definition) is 5. The highest BCUT2D eigenvalue weighted by Crippen LogP contribution is 2.18. The van der Waals surface area contributed by atoms with E-state index in [2.05, 4.69) is 10.3 Å². The van der Waals surface area contributed by atoms with Gasteiger partial charge in [-0.25, -0.2) is 4.98 Å². The molecule has 1 aliphatic rings. The molecule has 0 atom stereocenters. The molecule has 6 nitrogen and oxygen atoms in total. The summed E-state index contributed by atoms with van der Waals surface area (Å²) in [5, 5.41) is 4.98. The lowest BCUT2D eigenvalue weighted by atomic mass is 9.96. The average molecular weight is 388 g/mol. The van der Waals surface area contributed by atoms with E-state index in [1.165, 1.54) is 0 Å². The molecule has 0 unspecified atom stereocenters. The van der Waals surface area contributed by atoms with Crippen LogP contribution in [0.2, 0.25) is 0 Å². The van der Waals surface area contributed by atoms with E-state index in [0.717, 1.165) is 17.7 Å². The van der Waals surface area contributed by atoms with Crippen molar-refractivity contribution in [1.82, 2.24) is 15.2 Å². The van der Waals surface area contributed by atoms with E-state index in [1.54, 1.807) is 21.7 Å². The summed E-state index contributed by atoms with van der Waals surface area (Å²) in [6.45, 7) is 3.82. The average Bonchev–Trinajstić information content (AvgIpc) is 3.20. The van der Waals surface area contributed by atoms with Crippen LogP contribution in [0.25, 0.3) is 0 Å². The van der Waals surface area contributed by atoms with Crippen molar-refractivity contribution in [3.8, 4) is 5.75 Å². The van der Waals surface area contributed by atoms with Crippen LogP contribution in [0.5, 0.6) is 5.75 Å². The first-order valence-electron chi connectivity index (χ1n) is 9.24. The summed E-state index contributed by atoms with van der Waals surface area (Å²) in [7, 11) is 0. The molecule has 1 fully saturated rings. The SMILES string of the molecule is Cc1cccc(OCC(=O)N2CCC(C(=O)NCCc3cscn3)CC2)c1. The second-order valence-electron chi connectivity index (χ2n) is 6.78. The molecule has 27 heavy (non-hydrogen) atoms. The monoisotopic (exact) mass is 387 g/mol. The van der Waals surface area contributed by atoms with Gasteiger partial charge in [-0.05, 0) is 37.5 Å². The molecular weight excluding hydrogens is 362 g/mol. The molecule has 2 aromatic rings. The summed E-state index contributed by atoms with van der Waals surface area (Å²) in [6.07, 6.45) is 2.14. The maximum absolute atomic E-state index is 12.3. The molecule has 0 bridgehead atoms. The van der Waals surface area contributed by atoms with E-state index >= 15 is 0 Å². The van der Waals surface area contributed by atoms with Crippen LogP contribution in [0.15, 0.2) is 35.2 Å². The molecule has 3 rings (SSSR count). The minimum Gasteiger partial charge on any atom is -0.484 e. The summed E-state index contributed by atoms with van der Waals surface area (Å²) in [5.74, 6) is 0.729. The molecule has 7 heteroatoms. The number of carbonyl (C=O) groups is 2. The number of benzene rings is 1. The Morgan fingerprint density at radius 1 is 1.33 bits per heavy atom. The first-order chi connectivity index (χ1) is 13.1. The van der Waals surface area contributed by atoms with Gasteiger partial charge in [-0.2, -0.15) is 0 Å². The molecule has 1 aromatic heterocycles. The van der Waals surface area contributed by atoms with Gasteiger partial charge in [0.05, 0.1) is 11.2 Å². The van der Waals surface area contributed by atoms with Crippen molar-refractivity contribution >= 4 is 23.2 Å². The summed E-state index contributed by atoms with van der Waals surface area (Å²) in [5.41, 5.74) is 3.91. The van der Waals surface area contributed by atoms with Crippen LogP contribution in [0.3, 0.4) is 0 Å². The fraction of sp³-hybridized carbons (Fsp3) is 0.450. The second kappa shape index (κ2) is 9.50. The Bertz CT molecular complexity index is 756. The third-order valence-electron chi connectivity index (χ3n) is 4.73. The smallest absolute Gasteiger partial charge is 0.260 e. The van der Waals surface area contributed by atoms with Gasteiger partial charge in [0, 0.05) is 37.4 Å². The molecule has 1 aromatic carbocycles. The molecule has 2 amide bonds. The highest BCUT2D eigenvalue weighted by Gasteiger charge is 2.27. The number of rotatable bonds is 7. The summed E-state index contributed by atoms with van der Waals surface area (Å²) < 4.78 is 5.59. The van der Waals surface area contributed by atoms with E-state index in [4.69, 9.17) is 4.74 Å². The Morgan fingerprint density at radius 2 is 2.15 bits per heavy atom. The van der Waals surface area contributed by atoms with Crippen LogP contribution in [0, 0.1) is 12.8 Å². The number of carbonyl (C=O) groups excluding carboxylic acids is 2. The molecule has 144 valence electrons. The van der Waals surface area contributed by atoms with E-state index in [1.807, 2.05) is 36.6 Å². The van der Waals surface area contributed by atoms with Crippen molar-refractivity contribution < 1.29 is 14.3 Å². The fourth-order valence-electron chi connectivity index (χ4n) is 3.15. The third kappa shape index (κ3) is 5.79. The van der Waals surface area contributed by atoms with Crippen molar-refractivity contribution in [2.75, 3.05) is 26.2 Å². The predicted molar refractivity (Wildman–Crippen MR) is 105 cm³/mol. The van der Waals surface area contributed by atoms with Gasteiger partial charge in [0.2, 0.25) is 5.91 Å². The summed E-state index contributed by atoms with van der Waals surface area (Å²) in [4.78, 5) is 30.6. The van der Waals surface area contributed by atoms with E-state index in [9.17, 15) is 9.59 Å². The van der Waals surface area contributed by atoms with Crippen LogP contribution in [-0.4, -0.2) is 47.9 Å². The highest BCUT2D eigenvalue weighted by atomic mass is 32.1. The van der Waals surface area contributed by atoms with E-state index in [0.29, 0.717) is 38.2 Å². The van der Waals surface area contributed by atoms with E-state index in [-0.39, 0.29) is 24.3 Å². The maximum atomic E-state index is 12.3. The molecule has 2 heterocycles. The maximum Gasteiger partial charge on any atom is 0.260 e.